The second kappa shape index (κ2) is 8.17. The Hall–Kier alpha value is -3.28. The number of hydrogen-bond donors (Lipinski definition) is 1. The van der Waals surface area contributed by atoms with Gasteiger partial charge in [0.25, 0.3) is 5.91 Å². The van der Waals surface area contributed by atoms with Crippen molar-refractivity contribution in [2.75, 3.05) is 5.01 Å². The molecule has 1 aliphatic rings. The van der Waals surface area contributed by atoms with Gasteiger partial charge in [-0.05, 0) is 55.7 Å². The summed E-state index contributed by atoms with van der Waals surface area (Å²) in [5, 5.41) is 15.4. The predicted octanol–water partition coefficient (Wildman–Crippen LogP) is 4.42. The SMILES string of the molecule is CCC1=NN(c2ccc(C)cc2)C(=O)C1CC(=Cc1ccc(F)cc1)C(=O)O. The van der Waals surface area contributed by atoms with Gasteiger partial charge in [-0.15, -0.1) is 0 Å². The van der Waals surface area contributed by atoms with Crippen molar-refractivity contribution in [2.45, 2.75) is 26.7 Å². The van der Waals surface area contributed by atoms with Crippen molar-refractivity contribution in [1.82, 2.24) is 0 Å². The molecule has 0 saturated heterocycles. The van der Waals surface area contributed by atoms with Crippen molar-refractivity contribution >= 4 is 29.4 Å². The fraction of sp³-hybridized carbons (Fsp3) is 0.227. The lowest BCUT2D eigenvalue weighted by Gasteiger charge is -2.15. The van der Waals surface area contributed by atoms with Crippen molar-refractivity contribution in [2.24, 2.45) is 11.0 Å². The molecule has 0 aromatic heterocycles. The van der Waals surface area contributed by atoms with Crippen LogP contribution in [-0.4, -0.2) is 22.7 Å². The van der Waals surface area contributed by atoms with E-state index in [-0.39, 0.29) is 17.9 Å². The maximum atomic E-state index is 13.1. The quantitative estimate of drug-likeness (QED) is 0.754. The van der Waals surface area contributed by atoms with E-state index in [2.05, 4.69) is 5.10 Å². The fourth-order valence-corrected chi connectivity index (χ4v) is 3.12. The predicted molar refractivity (Wildman–Crippen MR) is 107 cm³/mol. The van der Waals surface area contributed by atoms with Gasteiger partial charge in [0.1, 0.15) is 5.82 Å². The largest absolute Gasteiger partial charge is 0.478 e. The molecule has 1 heterocycles. The van der Waals surface area contributed by atoms with Gasteiger partial charge in [0.15, 0.2) is 0 Å². The lowest BCUT2D eigenvalue weighted by molar-refractivity contribution is -0.132. The summed E-state index contributed by atoms with van der Waals surface area (Å²) in [5.41, 5.74) is 3.02. The second-order valence-electron chi connectivity index (χ2n) is 6.71. The summed E-state index contributed by atoms with van der Waals surface area (Å²) in [6, 6.07) is 13.0. The van der Waals surface area contributed by atoms with Gasteiger partial charge in [-0.3, -0.25) is 4.79 Å². The zero-order chi connectivity index (χ0) is 20.3. The van der Waals surface area contributed by atoms with Crippen LogP contribution in [0.2, 0.25) is 0 Å². The fourth-order valence-electron chi connectivity index (χ4n) is 3.12. The number of amides is 1. The first-order valence-corrected chi connectivity index (χ1v) is 9.06. The normalized spacial score (nSPS) is 17.0. The number of anilines is 1. The van der Waals surface area contributed by atoms with Gasteiger partial charge in [0.2, 0.25) is 0 Å². The van der Waals surface area contributed by atoms with E-state index in [4.69, 9.17) is 0 Å². The zero-order valence-electron chi connectivity index (χ0n) is 15.7. The standard InChI is InChI=1S/C22H21FN2O3/c1-3-20-19(21(26)25(24-20)18-10-4-14(2)5-11-18)13-16(22(27)28)12-15-6-8-17(23)9-7-15/h4-12,19H,3,13H2,1-2H3,(H,27,28). The summed E-state index contributed by atoms with van der Waals surface area (Å²) in [5.74, 6) is -2.38. The number of carbonyl (C=O) groups excluding carboxylic acids is 1. The maximum absolute atomic E-state index is 13.1. The molecule has 0 radical (unpaired) electrons. The average molecular weight is 380 g/mol. The monoisotopic (exact) mass is 380 g/mol. The molecule has 2 aromatic rings. The molecule has 0 spiro atoms. The molecule has 0 fully saturated rings. The Bertz CT molecular complexity index is 947. The number of hydrazone groups is 1. The molecule has 28 heavy (non-hydrogen) atoms. The summed E-state index contributed by atoms with van der Waals surface area (Å²) >= 11 is 0. The van der Waals surface area contributed by atoms with Crippen molar-refractivity contribution < 1.29 is 19.1 Å². The van der Waals surface area contributed by atoms with E-state index >= 15 is 0 Å². The number of carboxylic acid groups (broad SMARTS) is 1. The van der Waals surface area contributed by atoms with Gasteiger partial charge in [-0.25, -0.2) is 14.2 Å². The molecular weight excluding hydrogens is 359 g/mol. The van der Waals surface area contributed by atoms with Gasteiger partial charge < -0.3 is 5.11 Å². The highest BCUT2D eigenvalue weighted by molar-refractivity contribution is 6.16. The van der Waals surface area contributed by atoms with Crippen molar-refractivity contribution in [3.63, 3.8) is 0 Å². The van der Waals surface area contributed by atoms with Crippen LogP contribution in [0.15, 0.2) is 59.2 Å². The van der Waals surface area contributed by atoms with E-state index in [1.165, 1.54) is 35.4 Å². The molecule has 1 N–H and O–H groups in total. The molecule has 1 atom stereocenters. The lowest BCUT2D eigenvalue weighted by Crippen LogP contribution is -2.28. The van der Waals surface area contributed by atoms with Gasteiger partial charge in [0, 0.05) is 5.57 Å². The van der Waals surface area contributed by atoms with Crippen molar-refractivity contribution in [3.05, 3.63) is 71.0 Å². The third-order valence-electron chi connectivity index (χ3n) is 4.69. The number of aliphatic carboxylic acids is 1. The number of carbonyl (C=O) groups is 2. The average Bonchev–Trinajstić information content (AvgIpc) is 2.99. The number of rotatable bonds is 6. The Balaban J connectivity index is 1.87. The Morgan fingerprint density at radius 1 is 1.18 bits per heavy atom. The van der Waals surface area contributed by atoms with Gasteiger partial charge >= 0.3 is 5.97 Å². The Labute approximate surface area is 162 Å². The maximum Gasteiger partial charge on any atom is 0.331 e. The second-order valence-corrected chi connectivity index (χ2v) is 6.71. The zero-order valence-corrected chi connectivity index (χ0v) is 15.7. The highest BCUT2D eigenvalue weighted by Crippen LogP contribution is 2.29. The number of aryl methyl sites for hydroxylation is 1. The number of carboxylic acids is 1. The van der Waals surface area contributed by atoms with Crippen LogP contribution in [0, 0.1) is 18.7 Å². The minimum atomic E-state index is -1.11. The molecule has 2 aromatic carbocycles. The molecule has 0 bridgehead atoms. The van der Waals surface area contributed by atoms with E-state index < -0.39 is 17.7 Å². The minimum absolute atomic E-state index is 0.0284. The summed E-state index contributed by atoms with van der Waals surface area (Å²) in [7, 11) is 0. The Morgan fingerprint density at radius 2 is 1.82 bits per heavy atom. The first kappa shape index (κ1) is 19.5. The lowest BCUT2D eigenvalue weighted by atomic mass is 9.92. The smallest absolute Gasteiger partial charge is 0.331 e. The van der Waals surface area contributed by atoms with Gasteiger partial charge in [-0.2, -0.15) is 5.10 Å². The van der Waals surface area contributed by atoms with E-state index in [0.717, 1.165) is 5.56 Å². The van der Waals surface area contributed by atoms with Crippen LogP contribution < -0.4 is 5.01 Å². The van der Waals surface area contributed by atoms with Crippen LogP contribution in [0.5, 0.6) is 0 Å². The molecule has 6 heteroatoms. The highest BCUT2D eigenvalue weighted by Gasteiger charge is 2.37. The highest BCUT2D eigenvalue weighted by atomic mass is 19.1. The number of nitrogens with zero attached hydrogens (tertiary/aromatic N) is 2. The van der Waals surface area contributed by atoms with Crippen LogP contribution in [0.4, 0.5) is 10.1 Å². The summed E-state index contributed by atoms with van der Waals surface area (Å²) in [6.45, 7) is 3.85. The van der Waals surface area contributed by atoms with Crippen molar-refractivity contribution in [1.29, 1.82) is 0 Å². The van der Waals surface area contributed by atoms with Crippen molar-refractivity contribution in [3.8, 4) is 0 Å². The van der Waals surface area contributed by atoms with Gasteiger partial charge in [0.05, 0.1) is 17.3 Å². The Kier molecular flexibility index (Phi) is 5.68. The van der Waals surface area contributed by atoms with Crippen LogP contribution in [0.3, 0.4) is 0 Å². The number of halogens is 1. The third-order valence-corrected chi connectivity index (χ3v) is 4.69. The first-order chi connectivity index (χ1) is 13.4. The molecule has 0 aliphatic carbocycles. The summed E-state index contributed by atoms with van der Waals surface area (Å²) in [4.78, 5) is 24.7. The molecule has 3 rings (SSSR count). The molecular formula is C22H21FN2O3. The molecule has 0 saturated carbocycles. The van der Waals surface area contributed by atoms with E-state index in [0.29, 0.717) is 23.4 Å². The Morgan fingerprint density at radius 3 is 2.39 bits per heavy atom. The van der Waals surface area contributed by atoms with Crippen LogP contribution in [0.25, 0.3) is 6.08 Å². The minimum Gasteiger partial charge on any atom is -0.478 e. The van der Waals surface area contributed by atoms with E-state index in [9.17, 15) is 19.1 Å². The van der Waals surface area contributed by atoms with Gasteiger partial charge in [-0.1, -0.05) is 36.8 Å². The summed E-state index contributed by atoms with van der Waals surface area (Å²) < 4.78 is 13.1. The molecule has 5 nitrogen and oxygen atoms in total. The molecule has 1 aliphatic heterocycles. The first-order valence-electron chi connectivity index (χ1n) is 9.06. The molecule has 1 unspecified atom stereocenters. The topological polar surface area (TPSA) is 70.0 Å². The van der Waals surface area contributed by atoms with E-state index in [1.807, 2.05) is 38.1 Å². The van der Waals surface area contributed by atoms with Crippen LogP contribution in [-0.2, 0) is 9.59 Å². The molecule has 144 valence electrons. The number of benzene rings is 2. The molecule has 1 amide bonds. The number of hydrogen-bond acceptors (Lipinski definition) is 3. The van der Waals surface area contributed by atoms with Crippen LogP contribution in [0.1, 0.15) is 30.9 Å². The van der Waals surface area contributed by atoms with E-state index in [1.54, 1.807) is 0 Å². The third kappa shape index (κ3) is 4.17. The van der Waals surface area contributed by atoms with Crippen LogP contribution >= 0.6 is 0 Å². The summed E-state index contributed by atoms with van der Waals surface area (Å²) in [6.07, 6.45) is 2.04.